The van der Waals surface area contributed by atoms with Crippen LogP contribution in [0.2, 0.25) is 0 Å². The predicted molar refractivity (Wildman–Crippen MR) is 91.5 cm³/mol. The molecule has 2 amide bonds. The Balaban J connectivity index is 1.93. The fraction of sp³-hybridized carbons (Fsp3) is 0.588. The number of methoxy groups -OCH3 is 2. The SMILES string of the molecule is CCC(C)N1CCN(C(=O)Nc2ccc(OC)c(OC)c2)CC1. The van der Waals surface area contributed by atoms with Crippen LogP contribution in [0.5, 0.6) is 11.5 Å². The Morgan fingerprint density at radius 1 is 1.17 bits per heavy atom. The summed E-state index contributed by atoms with van der Waals surface area (Å²) in [4.78, 5) is 16.7. The maximum absolute atomic E-state index is 12.4. The first-order valence-electron chi connectivity index (χ1n) is 8.11. The average molecular weight is 321 g/mol. The highest BCUT2D eigenvalue weighted by Crippen LogP contribution is 2.29. The first-order chi connectivity index (χ1) is 11.1. The summed E-state index contributed by atoms with van der Waals surface area (Å²) in [5.74, 6) is 1.25. The van der Waals surface area contributed by atoms with Gasteiger partial charge in [-0.1, -0.05) is 6.92 Å². The van der Waals surface area contributed by atoms with Crippen molar-refractivity contribution in [3.63, 3.8) is 0 Å². The molecule has 1 aliphatic heterocycles. The van der Waals surface area contributed by atoms with E-state index in [1.807, 2.05) is 11.0 Å². The van der Waals surface area contributed by atoms with Crippen LogP contribution in [0.4, 0.5) is 10.5 Å². The lowest BCUT2D eigenvalue weighted by molar-refractivity contribution is 0.117. The lowest BCUT2D eigenvalue weighted by Crippen LogP contribution is -2.52. The number of hydrogen-bond donors (Lipinski definition) is 1. The fourth-order valence-electron chi connectivity index (χ4n) is 2.74. The molecule has 1 aliphatic rings. The van der Waals surface area contributed by atoms with Gasteiger partial charge in [-0.15, -0.1) is 0 Å². The molecule has 1 unspecified atom stereocenters. The van der Waals surface area contributed by atoms with E-state index < -0.39 is 0 Å². The second-order valence-corrected chi connectivity index (χ2v) is 5.78. The van der Waals surface area contributed by atoms with Crippen LogP contribution in [0, 0.1) is 0 Å². The number of amides is 2. The number of ether oxygens (including phenoxy) is 2. The second kappa shape index (κ2) is 8.06. The molecule has 1 aromatic rings. The fourth-order valence-corrected chi connectivity index (χ4v) is 2.74. The van der Waals surface area contributed by atoms with Gasteiger partial charge in [0.1, 0.15) is 0 Å². The van der Waals surface area contributed by atoms with Crippen molar-refractivity contribution in [1.82, 2.24) is 9.80 Å². The number of nitrogens with zero attached hydrogens (tertiary/aromatic N) is 2. The molecule has 1 atom stereocenters. The zero-order chi connectivity index (χ0) is 16.8. The molecule has 1 N–H and O–H groups in total. The standard InChI is InChI=1S/C17H27N3O3/c1-5-13(2)19-8-10-20(11-9-19)17(21)18-14-6-7-15(22-3)16(12-14)23-4/h6-7,12-13H,5,8-11H2,1-4H3,(H,18,21). The Morgan fingerprint density at radius 2 is 1.83 bits per heavy atom. The highest BCUT2D eigenvalue weighted by Gasteiger charge is 2.23. The van der Waals surface area contributed by atoms with Crippen molar-refractivity contribution in [3.05, 3.63) is 18.2 Å². The largest absolute Gasteiger partial charge is 0.493 e. The van der Waals surface area contributed by atoms with Crippen LogP contribution in [0.3, 0.4) is 0 Å². The molecule has 0 saturated carbocycles. The van der Waals surface area contributed by atoms with E-state index in [0.717, 1.165) is 32.6 Å². The number of urea groups is 1. The van der Waals surface area contributed by atoms with E-state index in [9.17, 15) is 4.79 Å². The van der Waals surface area contributed by atoms with Gasteiger partial charge in [0.2, 0.25) is 0 Å². The smallest absolute Gasteiger partial charge is 0.321 e. The van der Waals surface area contributed by atoms with Gasteiger partial charge in [-0.2, -0.15) is 0 Å². The molecule has 6 nitrogen and oxygen atoms in total. The lowest BCUT2D eigenvalue weighted by Gasteiger charge is -2.37. The number of carbonyl (C=O) groups excluding carboxylic acids is 1. The number of benzene rings is 1. The molecule has 0 bridgehead atoms. The topological polar surface area (TPSA) is 54.0 Å². The molecule has 1 saturated heterocycles. The van der Waals surface area contributed by atoms with E-state index >= 15 is 0 Å². The predicted octanol–water partition coefficient (Wildman–Crippen LogP) is 2.65. The summed E-state index contributed by atoms with van der Waals surface area (Å²) in [7, 11) is 3.17. The molecule has 0 radical (unpaired) electrons. The van der Waals surface area contributed by atoms with Crippen molar-refractivity contribution >= 4 is 11.7 Å². The normalized spacial score (nSPS) is 16.8. The Morgan fingerprint density at radius 3 is 2.39 bits per heavy atom. The highest BCUT2D eigenvalue weighted by molar-refractivity contribution is 5.89. The number of nitrogens with one attached hydrogen (secondary N) is 1. The summed E-state index contributed by atoms with van der Waals surface area (Å²) in [5, 5.41) is 2.93. The molecule has 2 rings (SSSR count). The molecule has 23 heavy (non-hydrogen) atoms. The summed E-state index contributed by atoms with van der Waals surface area (Å²) in [6.07, 6.45) is 1.14. The molecule has 0 aliphatic carbocycles. The maximum Gasteiger partial charge on any atom is 0.321 e. The number of hydrogen-bond acceptors (Lipinski definition) is 4. The maximum atomic E-state index is 12.4. The van der Waals surface area contributed by atoms with Gasteiger partial charge in [-0.3, -0.25) is 4.90 Å². The molecular weight excluding hydrogens is 294 g/mol. The molecule has 128 valence electrons. The van der Waals surface area contributed by atoms with Crippen molar-refractivity contribution < 1.29 is 14.3 Å². The quantitative estimate of drug-likeness (QED) is 0.906. The Bertz CT molecular complexity index is 528. The second-order valence-electron chi connectivity index (χ2n) is 5.78. The zero-order valence-electron chi connectivity index (χ0n) is 14.5. The molecule has 1 fully saturated rings. The van der Waals surface area contributed by atoms with Gasteiger partial charge in [0, 0.05) is 44.0 Å². The summed E-state index contributed by atoms with van der Waals surface area (Å²) in [5.41, 5.74) is 0.706. The highest BCUT2D eigenvalue weighted by atomic mass is 16.5. The minimum atomic E-state index is -0.0685. The van der Waals surface area contributed by atoms with Gasteiger partial charge in [0.15, 0.2) is 11.5 Å². The average Bonchev–Trinajstić information content (AvgIpc) is 2.60. The van der Waals surface area contributed by atoms with E-state index in [0.29, 0.717) is 23.2 Å². The van der Waals surface area contributed by atoms with Gasteiger partial charge >= 0.3 is 6.03 Å². The van der Waals surface area contributed by atoms with Gasteiger partial charge in [-0.05, 0) is 25.5 Å². The minimum absolute atomic E-state index is 0.0685. The first kappa shape index (κ1) is 17.4. The summed E-state index contributed by atoms with van der Waals surface area (Å²) >= 11 is 0. The molecule has 0 spiro atoms. The van der Waals surface area contributed by atoms with Gasteiger partial charge in [0.05, 0.1) is 14.2 Å². The van der Waals surface area contributed by atoms with Crippen LogP contribution in [0.15, 0.2) is 18.2 Å². The van der Waals surface area contributed by atoms with E-state index in [2.05, 4.69) is 24.1 Å². The van der Waals surface area contributed by atoms with Crippen molar-refractivity contribution in [2.45, 2.75) is 26.3 Å². The van der Waals surface area contributed by atoms with Crippen LogP contribution in [-0.2, 0) is 0 Å². The van der Waals surface area contributed by atoms with Crippen LogP contribution in [-0.4, -0.2) is 62.3 Å². The van der Waals surface area contributed by atoms with Crippen LogP contribution in [0.25, 0.3) is 0 Å². The number of rotatable bonds is 5. The van der Waals surface area contributed by atoms with E-state index in [1.54, 1.807) is 26.4 Å². The molecule has 0 aromatic heterocycles. The molecule has 6 heteroatoms. The third kappa shape index (κ3) is 4.28. The lowest BCUT2D eigenvalue weighted by atomic mass is 10.2. The zero-order valence-corrected chi connectivity index (χ0v) is 14.5. The Hall–Kier alpha value is -1.95. The third-order valence-corrected chi connectivity index (χ3v) is 4.45. The molecular formula is C17H27N3O3. The number of piperazine rings is 1. The van der Waals surface area contributed by atoms with Crippen LogP contribution < -0.4 is 14.8 Å². The molecule has 1 heterocycles. The van der Waals surface area contributed by atoms with Crippen LogP contribution in [0.1, 0.15) is 20.3 Å². The summed E-state index contributed by atoms with van der Waals surface area (Å²) < 4.78 is 10.5. The minimum Gasteiger partial charge on any atom is -0.493 e. The van der Waals surface area contributed by atoms with E-state index in [4.69, 9.17) is 9.47 Å². The van der Waals surface area contributed by atoms with Crippen molar-refractivity contribution in [2.75, 3.05) is 45.7 Å². The number of carbonyl (C=O) groups is 1. The van der Waals surface area contributed by atoms with Gasteiger partial charge in [0.25, 0.3) is 0 Å². The van der Waals surface area contributed by atoms with Gasteiger partial charge < -0.3 is 19.7 Å². The number of anilines is 1. The van der Waals surface area contributed by atoms with Crippen molar-refractivity contribution in [2.24, 2.45) is 0 Å². The monoisotopic (exact) mass is 321 g/mol. The van der Waals surface area contributed by atoms with Crippen molar-refractivity contribution in [3.8, 4) is 11.5 Å². The van der Waals surface area contributed by atoms with Gasteiger partial charge in [-0.25, -0.2) is 4.79 Å². The third-order valence-electron chi connectivity index (χ3n) is 4.45. The van der Waals surface area contributed by atoms with E-state index in [-0.39, 0.29) is 6.03 Å². The van der Waals surface area contributed by atoms with E-state index in [1.165, 1.54) is 0 Å². The van der Waals surface area contributed by atoms with Crippen LogP contribution >= 0.6 is 0 Å². The van der Waals surface area contributed by atoms with Crippen molar-refractivity contribution in [1.29, 1.82) is 0 Å². The first-order valence-corrected chi connectivity index (χ1v) is 8.11. The molecule has 1 aromatic carbocycles. The summed E-state index contributed by atoms with van der Waals surface area (Å²) in [6, 6.07) is 5.88. The Kier molecular flexibility index (Phi) is 6.10. The Labute approximate surface area is 138 Å². The summed E-state index contributed by atoms with van der Waals surface area (Å²) in [6.45, 7) is 7.79.